The first kappa shape index (κ1) is 36.4. The lowest BCUT2D eigenvalue weighted by molar-refractivity contribution is -0.274. The number of alkyl halides is 4. The molecule has 0 saturated carbocycles. The number of nitriles is 1. The maximum atomic E-state index is 18.4. The molecule has 0 fully saturated rings. The highest BCUT2D eigenvalue weighted by atomic mass is 33.2. The second-order valence-electron chi connectivity index (χ2n) is 12.4. The van der Waals surface area contributed by atoms with Crippen molar-refractivity contribution in [3.05, 3.63) is 107 Å². The Hall–Kier alpha value is -5.41. The summed E-state index contributed by atoms with van der Waals surface area (Å²) in [6, 6.07) is 21.7. The molecule has 18 heteroatoms. The molecule has 52 heavy (non-hydrogen) atoms. The molecule has 0 aromatic heterocycles. The maximum absolute atomic E-state index is 18.4. The fourth-order valence-electron chi connectivity index (χ4n) is 6.69. The Kier molecular flexibility index (Phi) is 8.86. The quantitative estimate of drug-likeness (QED) is 0.199. The number of halogens is 4. The van der Waals surface area contributed by atoms with Crippen LogP contribution in [-0.2, 0) is 33.9 Å². The van der Waals surface area contributed by atoms with Gasteiger partial charge in [0, 0.05) is 7.05 Å². The van der Waals surface area contributed by atoms with Gasteiger partial charge >= 0.3 is 15.2 Å². The van der Waals surface area contributed by atoms with Crippen LogP contribution in [0, 0.1) is 11.3 Å². The predicted octanol–water partition coefficient (Wildman–Crippen LogP) is 3.43. The molecule has 3 unspecified atom stereocenters. The number of aliphatic imine (C=N–C) groups is 2. The van der Waals surface area contributed by atoms with Crippen molar-refractivity contribution >= 4 is 42.5 Å². The molecule has 3 aromatic rings. The fourth-order valence-corrected chi connectivity index (χ4v) is 13.1. The van der Waals surface area contributed by atoms with Gasteiger partial charge in [0.15, 0.2) is 32.8 Å². The largest absolute Gasteiger partial charge is 0.573 e. The van der Waals surface area contributed by atoms with E-state index in [1.54, 1.807) is 66.7 Å². The third kappa shape index (κ3) is 5.92. The molecule has 0 aliphatic carbocycles. The maximum Gasteiger partial charge on any atom is 0.573 e. The first-order valence-electron chi connectivity index (χ1n) is 15.4. The van der Waals surface area contributed by atoms with Gasteiger partial charge in [-0.2, -0.15) is 13.7 Å². The van der Waals surface area contributed by atoms with E-state index in [0.717, 1.165) is 39.5 Å². The number of amides is 2. The minimum atomic E-state index is -5.05. The molecular formula is C34H30F4N7O5S2+. The van der Waals surface area contributed by atoms with Crippen LogP contribution in [0.15, 0.2) is 111 Å². The van der Waals surface area contributed by atoms with Crippen LogP contribution < -0.4 is 16.2 Å². The van der Waals surface area contributed by atoms with Crippen molar-refractivity contribution in [1.82, 2.24) is 9.80 Å². The summed E-state index contributed by atoms with van der Waals surface area (Å²) in [7, 11) is -5.77. The van der Waals surface area contributed by atoms with Crippen molar-refractivity contribution in [2.24, 2.45) is 21.5 Å². The third-order valence-electron chi connectivity index (χ3n) is 9.10. The minimum absolute atomic E-state index is 0.355. The number of nitrogens with zero attached hydrogens (tertiary/aromatic N) is 5. The van der Waals surface area contributed by atoms with Crippen LogP contribution in [-0.4, -0.2) is 78.4 Å². The molecular weight excluding hydrogens is 727 g/mol. The summed E-state index contributed by atoms with van der Waals surface area (Å²) < 4.78 is 89.5. The lowest BCUT2D eigenvalue weighted by Gasteiger charge is -2.40. The van der Waals surface area contributed by atoms with Gasteiger partial charge in [-0.25, -0.2) is 14.4 Å². The summed E-state index contributed by atoms with van der Waals surface area (Å²) >= 11 is 0. The summed E-state index contributed by atoms with van der Waals surface area (Å²) in [5.74, 6) is -2.92. The summed E-state index contributed by atoms with van der Waals surface area (Å²) in [6.07, 6.45) is -5.61. The van der Waals surface area contributed by atoms with E-state index in [-0.39, 0.29) is 5.96 Å². The number of guanidine groups is 2. The molecule has 3 aliphatic heterocycles. The molecule has 3 heterocycles. The Morgan fingerprint density at radius 2 is 1.52 bits per heavy atom. The van der Waals surface area contributed by atoms with Crippen molar-refractivity contribution in [3.8, 4) is 11.8 Å². The molecule has 4 atom stereocenters. The standard InChI is InChI=1S/C34H30F4N7O5S2/c1-31(17-26(46)44(2)29(40)42-31)27-32(35,23(18-39)19-51(27)52(48,49)25-15-13-24(14-16-25)50-34(36,37)38)20-45-28(47)33(43-30(45)41,21-9-5-3-6-10-21)22-11-7-4-8-12-22/h3-16,19,27H,17,20H2,1-2H3,(H2,40,42)(H2,41,43)/q+1/t27?,31-,32?,51?/m0/s1. The molecule has 3 aromatic carbocycles. The summed E-state index contributed by atoms with van der Waals surface area (Å²) in [5.41, 5.74) is 5.81. The Balaban J connectivity index is 1.49. The average Bonchev–Trinajstić information content (AvgIpc) is 3.54. The predicted molar refractivity (Wildman–Crippen MR) is 183 cm³/mol. The third-order valence-corrected chi connectivity index (χ3v) is 15.2. The van der Waals surface area contributed by atoms with E-state index < -0.39 is 94.1 Å². The Morgan fingerprint density at radius 3 is 2.02 bits per heavy atom. The monoisotopic (exact) mass is 756 g/mol. The summed E-state index contributed by atoms with van der Waals surface area (Å²) in [5, 5.41) is 9.35. The topological polar surface area (TPSA) is 185 Å². The lowest BCUT2D eigenvalue weighted by atomic mass is 9.79. The number of rotatable bonds is 8. The van der Waals surface area contributed by atoms with Crippen molar-refractivity contribution in [2.75, 3.05) is 13.6 Å². The molecule has 0 spiro atoms. The molecule has 6 rings (SSSR count). The second kappa shape index (κ2) is 12.7. The van der Waals surface area contributed by atoms with Gasteiger partial charge in [-0.05, 0) is 42.3 Å². The number of hydrogen-bond donors (Lipinski definition) is 2. The van der Waals surface area contributed by atoms with Crippen LogP contribution in [0.1, 0.15) is 24.5 Å². The summed E-state index contributed by atoms with van der Waals surface area (Å²) in [4.78, 5) is 38.1. The van der Waals surface area contributed by atoms with Crippen LogP contribution in [0.4, 0.5) is 17.6 Å². The van der Waals surface area contributed by atoms with E-state index in [4.69, 9.17) is 11.5 Å². The number of nitrogens with two attached hydrogens (primary N) is 2. The van der Waals surface area contributed by atoms with E-state index in [1.807, 2.05) is 0 Å². The molecule has 270 valence electrons. The first-order chi connectivity index (χ1) is 24.4. The normalized spacial score (nSPS) is 26.1. The van der Waals surface area contributed by atoms with E-state index in [2.05, 4.69) is 14.7 Å². The lowest BCUT2D eigenvalue weighted by Crippen LogP contribution is -2.63. The number of ether oxygens (including phenoxy) is 1. The number of hydrogen-bond acceptors (Lipinski definition) is 10. The van der Waals surface area contributed by atoms with Crippen molar-refractivity contribution in [2.45, 2.75) is 46.6 Å². The SMILES string of the molecule is CN1C(=O)C[C@@](C)(C2[S+](S(=O)(=O)c3ccc(OC(F)(F)F)cc3)C=C(C#N)C2(F)CN2C(=O)C(c3ccccc3)(c3ccccc3)N=C2N)N=C1N. The molecule has 0 radical (unpaired) electrons. The second-order valence-corrected chi connectivity index (χ2v) is 17.7. The zero-order valence-electron chi connectivity index (χ0n) is 27.4. The summed E-state index contributed by atoms with van der Waals surface area (Å²) in [6.45, 7) is 0.300. The van der Waals surface area contributed by atoms with Crippen LogP contribution in [0.2, 0.25) is 0 Å². The number of carbonyl (C=O) groups is 2. The molecule has 3 aliphatic rings. The highest BCUT2D eigenvalue weighted by Gasteiger charge is 2.72. The Labute approximate surface area is 297 Å². The van der Waals surface area contributed by atoms with Crippen LogP contribution in [0.5, 0.6) is 5.75 Å². The van der Waals surface area contributed by atoms with E-state index in [0.29, 0.717) is 11.1 Å². The highest BCUT2D eigenvalue weighted by Crippen LogP contribution is 2.52. The number of carbonyl (C=O) groups excluding carboxylic acids is 2. The van der Waals surface area contributed by atoms with Crippen molar-refractivity contribution in [3.63, 3.8) is 0 Å². The van der Waals surface area contributed by atoms with Gasteiger partial charge in [0.25, 0.3) is 5.91 Å². The zero-order chi connectivity index (χ0) is 37.9. The van der Waals surface area contributed by atoms with Gasteiger partial charge in [-0.3, -0.25) is 19.4 Å². The van der Waals surface area contributed by atoms with E-state index in [1.165, 1.54) is 14.0 Å². The number of benzene rings is 3. The first-order valence-corrected chi connectivity index (χ1v) is 18.8. The molecule has 0 bridgehead atoms. The van der Waals surface area contributed by atoms with Crippen LogP contribution in [0.3, 0.4) is 0 Å². The van der Waals surface area contributed by atoms with Crippen molar-refractivity contribution < 1.29 is 40.3 Å². The fraction of sp³-hybridized carbons (Fsp3) is 0.265. The minimum Gasteiger partial charge on any atom is -0.406 e. The van der Waals surface area contributed by atoms with Gasteiger partial charge in [0.2, 0.25) is 16.8 Å². The molecule has 4 N–H and O–H groups in total. The molecule has 12 nitrogen and oxygen atoms in total. The highest BCUT2D eigenvalue weighted by molar-refractivity contribution is 8.71. The van der Waals surface area contributed by atoms with Crippen LogP contribution >= 0.6 is 0 Å². The molecule has 2 amide bonds. The van der Waals surface area contributed by atoms with Gasteiger partial charge in [-0.15, -0.1) is 13.2 Å². The average molecular weight is 757 g/mol. The Morgan fingerprint density at radius 1 is 0.962 bits per heavy atom. The van der Waals surface area contributed by atoms with Crippen LogP contribution in [0.25, 0.3) is 0 Å². The van der Waals surface area contributed by atoms with Crippen molar-refractivity contribution in [1.29, 1.82) is 5.26 Å². The Bertz CT molecular complexity index is 2140. The smallest absolute Gasteiger partial charge is 0.406 e. The van der Waals surface area contributed by atoms with E-state index in [9.17, 15) is 36.4 Å². The van der Waals surface area contributed by atoms with Gasteiger partial charge < -0.3 is 16.2 Å². The van der Waals surface area contributed by atoms with Gasteiger partial charge in [-0.1, -0.05) is 60.7 Å². The van der Waals surface area contributed by atoms with Gasteiger partial charge in [0.1, 0.15) is 27.8 Å². The zero-order valence-corrected chi connectivity index (χ0v) is 29.0. The van der Waals surface area contributed by atoms with E-state index >= 15 is 4.39 Å². The molecule has 0 saturated heterocycles. The van der Waals surface area contributed by atoms with Gasteiger partial charge in [0.05, 0.1) is 13.0 Å².